The molecule has 0 fully saturated rings. The molecule has 88 valence electrons. The van der Waals surface area contributed by atoms with Gasteiger partial charge < -0.3 is 15.4 Å². The van der Waals surface area contributed by atoms with Crippen LogP contribution in [0.25, 0.3) is 11.3 Å². The van der Waals surface area contributed by atoms with Crippen molar-refractivity contribution in [3.63, 3.8) is 0 Å². The highest BCUT2D eigenvalue weighted by molar-refractivity contribution is 5.98. The maximum atomic E-state index is 11.0. The molecule has 0 amide bonds. The Kier molecular flexibility index (Phi) is 1.83. The summed E-state index contributed by atoms with van der Waals surface area (Å²) in [4.78, 5) is 14.3. The summed E-state index contributed by atoms with van der Waals surface area (Å²) in [7, 11) is 0. The molecule has 17 heavy (non-hydrogen) atoms. The number of fused-ring (bicyclic) bond motifs is 3. The predicted molar refractivity (Wildman–Crippen MR) is 62.1 cm³/mol. The Hall–Kier alpha value is -2.24. The summed E-state index contributed by atoms with van der Waals surface area (Å²) in [5, 5.41) is 18.8. The van der Waals surface area contributed by atoms with Crippen LogP contribution in [0.15, 0.2) is 0 Å². The van der Waals surface area contributed by atoms with Crippen LogP contribution in [0, 0.1) is 13.8 Å². The van der Waals surface area contributed by atoms with E-state index in [1.165, 1.54) is 0 Å². The third-order valence-corrected chi connectivity index (χ3v) is 3.24. The molecule has 1 aliphatic heterocycles. The maximum absolute atomic E-state index is 11.0. The molecule has 0 unspecified atom stereocenters. The normalized spacial score (nSPS) is 12.8. The van der Waals surface area contributed by atoms with Crippen molar-refractivity contribution in [1.82, 2.24) is 15.2 Å². The number of aromatic amines is 2. The molecular weight excluding hydrogens is 220 g/mol. The average molecular weight is 232 g/mol. The Morgan fingerprint density at radius 2 is 2.18 bits per heavy atom. The van der Waals surface area contributed by atoms with Crippen molar-refractivity contribution < 1.29 is 9.90 Å². The molecule has 0 radical (unpaired) electrons. The van der Waals surface area contributed by atoms with Crippen molar-refractivity contribution in [1.29, 1.82) is 0 Å². The van der Waals surface area contributed by atoms with E-state index in [4.69, 9.17) is 5.11 Å². The lowest BCUT2D eigenvalue weighted by atomic mass is 10.0. The van der Waals surface area contributed by atoms with Gasteiger partial charge in [0.1, 0.15) is 5.69 Å². The number of hydrogen-bond acceptors (Lipinski definition) is 3. The third-order valence-electron chi connectivity index (χ3n) is 3.24. The highest BCUT2D eigenvalue weighted by atomic mass is 16.4. The van der Waals surface area contributed by atoms with Crippen LogP contribution < -0.4 is 5.32 Å². The molecule has 1 aliphatic rings. The van der Waals surface area contributed by atoms with Crippen LogP contribution >= 0.6 is 0 Å². The van der Waals surface area contributed by atoms with Gasteiger partial charge in [0.05, 0.1) is 12.2 Å². The van der Waals surface area contributed by atoms with E-state index < -0.39 is 5.97 Å². The van der Waals surface area contributed by atoms with Gasteiger partial charge in [0.25, 0.3) is 0 Å². The van der Waals surface area contributed by atoms with Crippen molar-refractivity contribution in [2.24, 2.45) is 0 Å². The topological polar surface area (TPSA) is 93.8 Å². The third kappa shape index (κ3) is 1.20. The molecule has 2 aromatic heterocycles. The second-order valence-electron chi connectivity index (χ2n) is 4.21. The van der Waals surface area contributed by atoms with Gasteiger partial charge in [-0.1, -0.05) is 0 Å². The molecule has 0 saturated carbocycles. The first-order valence-corrected chi connectivity index (χ1v) is 5.33. The molecular formula is C11H12N4O2. The van der Waals surface area contributed by atoms with E-state index >= 15 is 0 Å². The lowest BCUT2D eigenvalue weighted by molar-refractivity contribution is 0.0691. The number of carbonyl (C=O) groups is 1. The molecule has 6 nitrogen and oxygen atoms in total. The zero-order valence-electron chi connectivity index (χ0n) is 9.51. The zero-order chi connectivity index (χ0) is 12.2. The first-order valence-electron chi connectivity index (χ1n) is 5.33. The van der Waals surface area contributed by atoms with Crippen LogP contribution in [-0.2, 0) is 6.54 Å². The summed E-state index contributed by atoms with van der Waals surface area (Å²) in [6, 6.07) is 0. The van der Waals surface area contributed by atoms with Gasteiger partial charge in [-0.25, -0.2) is 4.79 Å². The Balaban J connectivity index is 2.27. The number of aromatic nitrogens is 3. The highest BCUT2D eigenvalue weighted by Crippen LogP contribution is 2.38. The number of H-pyrrole nitrogens is 2. The summed E-state index contributed by atoms with van der Waals surface area (Å²) in [5.41, 5.74) is 5.65. The second-order valence-corrected chi connectivity index (χ2v) is 4.21. The van der Waals surface area contributed by atoms with Crippen molar-refractivity contribution in [2.45, 2.75) is 20.4 Å². The number of anilines is 1. The number of hydrogen-bond donors (Lipinski definition) is 4. The van der Waals surface area contributed by atoms with Crippen molar-refractivity contribution >= 4 is 11.7 Å². The van der Waals surface area contributed by atoms with Gasteiger partial charge >= 0.3 is 5.97 Å². The number of carboxylic acids is 1. The summed E-state index contributed by atoms with van der Waals surface area (Å²) in [6.07, 6.45) is 0. The van der Waals surface area contributed by atoms with Crippen molar-refractivity contribution in [3.05, 3.63) is 22.6 Å². The smallest absolute Gasteiger partial charge is 0.356 e. The van der Waals surface area contributed by atoms with E-state index in [9.17, 15) is 4.79 Å². The lowest BCUT2D eigenvalue weighted by Crippen LogP contribution is -2.10. The van der Waals surface area contributed by atoms with Gasteiger partial charge in [0.15, 0.2) is 5.69 Å². The SMILES string of the molecule is Cc1[nH]c2c(c1C)-c1n[nH]c(C(=O)O)c1NC2. The van der Waals surface area contributed by atoms with Crippen LogP contribution in [0.5, 0.6) is 0 Å². The molecule has 0 aromatic carbocycles. The standard InChI is InChI=1S/C11H12N4O2/c1-4-5(2)13-6-3-12-9-8(7(4)6)14-15-10(9)11(16)17/h12-13H,3H2,1-2H3,(H,14,15)(H,16,17). The zero-order valence-corrected chi connectivity index (χ0v) is 9.51. The van der Waals surface area contributed by atoms with Gasteiger partial charge in [-0.2, -0.15) is 5.10 Å². The van der Waals surface area contributed by atoms with E-state index in [1.54, 1.807) is 0 Å². The minimum absolute atomic E-state index is 0.115. The van der Waals surface area contributed by atoms with Crippen LogP contribution in [0.3, 0.4) is 0 Å². The van der Waals surface area contributed by atoms with Crippen LogP contribution in [0.2, 0.25) is 0 Å². The fourth-order valence-corrected chi connectivity index (χ4v) is 2.28. The van der Waals surface area contributed by atoms with Crippen LogP contribution in [0.1, 0.15) is 27.4 Å². The molecule has 4 N–H and O–H groups in total. The molecule has 3 heterocycles. The number of nitrogens with zero attached hydrogens (tertiary/aromatic N) is 1. The van der Waals surface area contributed by atoms with Gasteiger partial charge in [0.2, 0.25) is 0 Å². The predicted octanol–water partition coefficient (Wildman–Crippen LogP) is 1.65. The fraction of sp³-hybridized carbons (Fsp3) is 0.273. The number of nitrogens with one attached hydrogen (secondary N) is 3. The monoisotopic (exact) mass is 232 g/mol. The minimum Gasteiger partial charge on any atom is -0.476 e. The van der Waals surface area contributed by atoms with Gasteiger partial charge in [-0.15, -0.1) is 0 Å². The number of aromatic carboxylic acids is 1. The van der Waals surface area contributed by atoms with Gasteiger partial charge in [-0.3, -0.25) is 5.10 Å². The fourth-order valence-electron chi connectivity index (χ4n) is 2.28. The molecule has 0 saturated heterocycles. The van der Waals surface area contributed by atoms with Crippen molar-refractivity contribution in [3.8, 4) is 11.3 Å². The van der Waals surface area contributed by atoms with E-state index in [-0.39, 0.29) is 5.69 Å². The second kappa shape index (κ2) is 3.13. The molecule has 0 aliphatic carbocycles. The van der Waals surface area contributed by atoms with E-state index in [1.807, 2.05) is 13.8 Å². The summed E-state index contributed by atoms with van der Waals surface area (Å²) >= 11 is 0. The van der Waals surface area contributed by atoms with Gasteiger partial charge in [-0.05, 0) is 19.4 Å². The quantitative estimate of drug-likeness (QED) is 0.601. The minimum atomic E-state index is -1.00. The number of rotatable bonds is 1. The maximum Gasteiger partial charge on any atom is 0.356 e. The van der Waals surface area contributed by atoms with E-state index in [0.29, 0.717) is 17.9 Å². The summed E-state index contributed by atoms with van der Waals surface area (Å²) in [5.74, 6) is -1.00. The largest absolute Gasteiger partial charge is 0.476 e. The summed E-state index contributed by atoms with van der Waals surface area (Å²) in [6.45, 7) is 4.60. The first-order chi connectivity index (χ1) is 8.09. The van der Waals surface area contributed by atoms with Gasteiger partial charge in [0, 0.05) is 17.0 Å². The summed E-state index contributed by atoms with van der Waals surface area (Å²) < 4.78 is 0. The Morgan fingerprint density at radius 1 is 1.41 bits per heavy atom. The lowest BCUT2D eigenvalue weighted by Gasteiger charge is -2.14. The Bertz CT molecular complexity index is 624. The first kappa shape index (κ1) is 9.95. The van der Waals surface area contributed by atoms with E-state index in [0.717, 1.165) is 22.5 Å². The number of aryl methyl sites for hydroxylation is 1. The highest BCUT2D eigenvalue weighted by Gasteiger charge is 2.27. The van der Waals surface area contributed by atoms with Crippen molar-refractivity contribution in [2.75, 3.05) is 5.32 Å². The van der Waals surface area contributed by atoms with E-state index in [2.05, 4.69) is 20.5 Å². The number of carboxylic acid groups (broad SMARTS) is 1. The molecule has 3 rings (SSSR count). The molecule has 0 atom stereocenters. The molecule has 2 aromatic rings. The molecule has 0 bridgehead atoms. The Labute approximate surface area is 97.1 Å². The average Bonchev–Trinajstić information content (AvgIpc) is 2.81. The Morgan fingerprint density at radius 3 is 2.88 bits per heavy atom. The molecule has 6 heteroatoms. The molecule has 0 spiro atoms. The van der Waals surface area contributed by atoms with Crippen LogP contribution in [0.4, 0.5) is 5.69 Å². The van der Waals surface area contributed by atoms with Crippen LogP contribution in [-0.4, -0.2) is 26.3 Å².